The van der Waals surface area contributed by atoms with Crippen LogP contribution >= 0.6 is 0 Å². The second kappa shape index (κ2) is 1.99. The minimum absolute atomic E-state index is 0.419. The molecular formula is C10H17F. The van der Waals surface area contributed by atoms with E-state index >= 15 is 0 Å². The van der Waals surface area contributed by atoms with Crippen LogP contribution in [0.1, 0.15) is 33.6 Å². The van der Waals surface area contributed by atoms with Crippen molar-refractivity contribution in [3.63, 3.8) is 0 Å². The van der Waals surface area contributed by atoms with E-state index in [-0.39, 0.29) is 0 Å². The van der Waals surface area contributed by atoms with Gasteiger partial charge in [0, 0.05) is 5.92 Å². The van der Waals surface area contributed by atoms with Crippen molar-refractivity contribution >= 4 is 0 Å². The van der Waals surface area contributed by atoms with Gasteiger partial charge in [-0.05, 0) is 37.5 Å². The molecule has 0 bridgehead atoms. The van der Waals surface area contributed by atoms with Gasteiger partial charge in [-0.3, -0.25) is 0 Å². The minimum atomic E-state index is -0.785. The van der Waals surface area contributed by atoms with Gasteiger partial charge in [-0.25, -0.2) is 4.39 Å². The van der Waals surface area contributed by atoms with Crippen LogP contribution in [0.5, 0.6) is 0 Å². The number of alkyl halides is 1. The van der Waals surface area contributed by atoms with Gasteiger partial charge in [0.2, 0.25) is 0 Å². The Morgan fingerprint density at radius 1 is 1.36 bits per heavy atom. The Bertz CT molecular complexity index is 172. The van der Waals surface area contributed by atoms with Gasteiger partial charge < -0.3 is 0 Å². The summed E-state index contributed by atoms with van der Waals surface area (Å²) >= 11 is 0. The van der Waals surface area contributed by atoms with Crippen LogP contribution in [0, 0.1) is 23.7 Å². The average molecular weight is 156 g/mol. The summed E-state index contributed by atoms with van der Waals surface area (Å²) in [7, 11) is 0. The van der Waals surface area contributed by atoms with Crippen molar-refractivity contribution in [1.82, 2.24) is 0 Å². The maximum Gasteiger partial charge on any atom is 0.114 e. The molecule has 0 aromatic carbocycles. The monoisotopic (exact) mass is 156 g/mol. The number of hydrogen-bond donors (Lipinski definition) is 0. The van der Waals surface area contributed by atoms with Crippen molar-refractivity contribution in [2.24, 2.45) is 23.7 Å². The normalized spacial score (nSPS) is 54.8. The first-order chi connectivity index (χ1) is 5.05. The summed E-state index contributed by atoms with van der Waals surface area (Å²) in [5, 5.41) is 0. The topological polar surface area (TPSA) is 0 Å². The Morgan fingerprint density at radius 3 is 2.27 bits per heavy atom. The number of halogens is 1. The third-order valence-electron chi connectivity index (χ3n) is 3.83. The van der Waals surface area contributed by atoms with Crippen LogP contribution in [-0.4, -0.2) is 5.67 Å². The molecule has 4 atom stereocenters. The fourth-order valence-corrected chi connectivity index (χ4v) is 3.08. The Labute approximate surface area is 68.2 Å². The van der Waals surface area contributed by atoms with E-state index in [2.05, 4.69) is 13.8 Å². The molecule has 2 fully saturated rings. The van der Waals surface area contributed by atoms with Gasteiger partial charge in [-0.15, -0.1) is 0 Å². The molecule has 2 rings (SSSR count). The highest BCUT2D eigenvalue weighted by Gasteiger charge is 2.68. The summed E-state index contributed by atoms with van der Waals surface area (Å²) in [6, 6.07) is 0. The van der Waals surface area contributed by atoms with E-state index in [0.29, 0.717) is 23.7 Å². The smallest absolute Gasteiger partial charge is 0.114 e. The molecule has 64 valence electrons. The van der Waals surface area contributed by atoms with Crippen LogP contribution in [-0.2, 0) is 0 Å². The van der Waals surface area contributed by atoms with E-state index in [1.54, 1.807) is 6.92 Å². The Morgan fingerprint density at radius 2 is 2.00 bits per heavy atom. The van der Waals surface area contributed by atoms with Gasteiger partial charge in [-0.1, -0.05) is 13.8 Å². The summed E-state index contributed by atoms with van der Waals surface area (Å²) in [6.07, 6.45) is 2.41. The summed E-state index contributed by atoms with van der Waals surface area (Å²) in [5.41, 5.74) is -0.785. The zero-order valence-corrected chi connectivity index (χ0v) is 7.60. The van der Waals surface area contributed by atoms with Gasteiger partial charge in [0.25, 0.3) is 0 Å². The molecule has 11 heavy (non-hydrogen) atoms. The molecule has 2 aliphatic carbocycles. The van der Waals surface area contributed by atoms with Crippen LogP contribution in [0.25, 0.3) is 0 Å². The van der Waals surface area contributed by atoms with Crippen molar-refractivity contribution < 1.29 is 4.39 Å². The largest absolute Gasteiger partial charge is 0.244 e. The summed E-state index contributed by atoms with van der Waals surface area (Å²) in [6.45, 7) is 6.24. The van der Waals surface area contributed by atoms with Gasteiger partial charge >= 0.3 is 0 Å². The molecule has 2 saturated carbocycles. The predicted molar refractivity (Wildman–Crippen MR) is 44.1 cm³/mol. The predicted octanol–water partition coefficient (Wildman–Crippen LogP) is 3.03. The third kappa shape index (κ3) is 0.861. The molecule has 0 spiro atoms. The van der Waals surface area contributed by atoms with Crippen LogP contribution in [0.4, 0.5) is 4.39 Å². The zero-order chi connectivity index (χ0) is 8.22. The molecule has 0 heterocycles. The van der Waals surface area contributed by atoms with E-state index in [0.717, 1.165) is 6.42 Å². The Balaban J connectivity index is 2.08. The SMILES string of the molecule is CC(C)C1CCC2C1C2(C)F. The fourth-order valence-electron chi connectivity index (χ4n) is 3.08. The Hall–Kier alpha value is -0.0700. The molecule has 0 aromatic heterocycles. The van der Waals surface area contributed by atoms with Crippen molar-refractivity contribution in [2.75, 3.05) is 0 Å². The Kier molecular flexibility index (Phi) is 1.37. The number of rotatable bonds is 1. The van der Waals surface area contributed by atoms with Crippen LogP contribution in [0.15, 0.2) is 0 Å². The highest BCUT2D eigenvalue weighted by Crippen LogP contribution is 2.66. The lowest BCUT2D eigenvalue weighted by molar-refractivity contribution is 0.212. The average Bonchev–Trinajstić information content (AvgIpc) is 2.34. The van der Waals surface area contributed by atoms with E-state index in [1.165, 1.54) is 6.42 Å². The van der Waals surface area contributed by atoms with Crippen molar-refractivity contribution in [1.29, 1.82) is 0 Å². The molecule has 0 aromatic rings. The van der Waals surface area contributed by atoms with Crippen LogP contribution in [0.3, 0.4) is 0 Å². The number of hydrogen-bond acceptors (Lipinski definition) is 0. The molecular weight excluding hydrogens is 139 g/mol. The molecule has 0 nitrogen and oxygen atoms in total. The standard InChI is InChI=1S/C10H17F/c1-6(2)7-4-5-8-9(7)10(8,3)11/h6-9H,4-5H2,1-3H3. The molecule has 4 unspecified atom stereocenters. The zero-order valence-electron chi connectivity index (χ0n) is 7.60. The maximum absolute atomic E-state index is 13.5. The molecule has 1 heteroatoms. The summed E-state index contributed by atoms with van der Waals surface area (Å²) in [4.78, 5) is 0. The van der Waals surface area contributed by atoms with Crippen molar-refractivity contribution in [3.05, 3.63) is 0 Å². The van der Waals surface area contributed by atoms with Gasteiger partial charge in [0.05, 0.1) is 0 Å². The first kappa shape index (κ1) is 7.57. The van der Waals surface area contributed by atoms with E-state index < -0.39 is 5.67 Å². The van der Waals surface area contributed by atoms with Crippen LogP contribution in [0.2, 0.25) is 0 Å². The van der Waals surface area contributed by atoms with E-state index in [4.69, 9.17) is 0 Å². The van der Waals surface area contributed by atoms with Gasteiger partial charge in [-0.2, -0.15) is 0 Å². The first-order valence-electron chi connectivity index (χ1n) is 4.74. The lowest BCUT2D eigenvalue weighted by atomic mass is 9.89. The molecule has 2 aliphatic rings. The highest BCUT2D eigenvalue weighted by molar-refractivity contribution is 5.16. The second-order valence-corrected chi connectivity index (χ2v) is 4.77. The minimum Gasteiger partial charge on any atom is -0.244 e. The lowest BCUT2D eigenvalue weighted by Crippen LogP contribution is -2.15. The van der Waals surface area contributed by atoms with Crippen molar-refractivity contribution in [2.45, 2.75) is 39.3 Å². The molecule has 0 N–H and O–H groups in total. The van der Waals surface area contributed by atoms with Gasteiger partial charge in [0.15, 0.2) is 0 Å². The van der Waals surface area contributed by atoms with Crippen molar-refractivity contribution in [3.8, 4) is 0 Å². The summed E-state index contributed by atoms with van der Waals surface area (Å²) < 4.78 is 13.5. The van der Waals surface area contributed by atoms with E-state index in [9.17, 15) is 4.39 Å². The fraction of sp³-hybridized carbons (Fsp3) is 1.00. The van der Waals surface area contributed by atoms with E-state index in [1.807, 2.05) is 0 Å². The third-order valence-corrected chi connectivity index (χ3v) is 3.83. The summed E-state index contributed by atoms with van der Waals surface area (Å²) in [5.74, 6) is 2.20. The molecule has 0 radical (unpaired) electrons. The maximum atomic E-state index is 13.5. The highest BCUT2D eigenvalue weighted by atomic mass is 19.1. The second-order valence-electron chi connectivity index (χ2n) is 4.77. The molecule has 0 saturated heterocycles. The molecule has 0 aliphatic heterocycles. The molecule has 0 amide bonds. The van der Waals surface area contributed by atoms with Crippen LogP contribution < -0.4 is 0 Å². The first-order valence-corrected chi connectivity index (χ1v) is 4.74. The quantitative estimate of drug-likeness (QED) is 0.547. The number of fused-ring (bicyclic) bond motifs is 1. The lowest BCUT2D eigenvalue weighted by Gasteiger charge is -2.18. The van der Waals surface area contributed by atoms with Gasteiger partial charge in [0.1, 0.15) is 5.67 Å².